The maximum absolute atomic E-state index is 13.8. The first kappa shape index (κ1) is 20.0. The molecule has 1 saturated heterocycles. The summed E-state index contributed by atoms with van der Waals surface area (Å²) in [5.41, 5.74) is 2.82. The van der Waals surface area contributed by atoms with Crippen molar-refractivity contribution in [1.29, 1.82) is 0 Å². The van der Waals surface area contributed by atoms with Crippen LogP contribution in [0.4, 0.5) is 4.79 Å². The number of cyclic esters (lactones) is 1. The summed E-state index contributed by atoms with van der Waals surface area (Å²) in [6.07, 6.45) is -0.725. The van der Waals surface area contributed by atoms with Crippen molar-refractivity contribution in [2.45, 2.75) is 12.0 Å². The number of nitrogens with zero attached hydrogens (tertiary/aromatic N) is 1. The van der Waals surface area contributed by atoms with E-state index in [1.54, 1.807) is 12.1 Å². The van der Waals surface area contributed by atoms with E-state index in [0.717, 1.165) is 21.6 Å². The number of carbonyl (C=O) groups excluding carboxylic acids is 3. The second kappa shape index (κ2) is 7.96. The first-order chi connectivity index (χ1) is 15.6. The Kier molecular flexibility index (Phi) is 4.98. The third kappa shape index (κ3) is 3.15. The molecule has 1 fully saturated rings. The highest BCUT2D eigenvalue weighted by Gasteiger charge is 2.51. The molecule has 0 unspecified atom stereocenters. The standard InChI is InChI=1S/C26H21NO5/c1-31-18-12-13-19-20(14-18)24(28)23(22(19)17-10-6-3-7-11-17)25(29)27-21(15-32-26(27)30)16-8-4-2-5-9-16/h2-14,21-23H,15H2,1H3/t21-,22+,23-/m1/s1. The molecule has 2 aliphatic rings. The highest BCUT2D eigenvalue weighted by atomic mass is 16.6. The zero-order chi connectivity index (χ0) is 22.2. The van der Waals surface area contributed by atoms with Gasteiger partial charge < -0.3 is 9.47 Å². The summed E-state index contributed by atoms with van der Waals surface area (Å²) >= 11 is 0. The van der Waals surface area contributed by atoms with E-state index in [0.29, 0.717) is 11.3 Å². The van der Waals surface area contributed by atoms with Gasteiger partial charge >= 0.3 is 6.09 Å². The Bertz CT molecular complexity index is 1190. The largest absolute Gasteiger partial charge is 0.497 e. The van der Waals surface area contributed by atoms with Gasteiger partial charge in [0, 0.05) is 11.5 Å². The number of amides is 2. The summed E-state index contributed by atoms with van der Waals surface area (Å²) in [5, 5.41) is 0. The minimum Gasteiger partial charge on any atom is -0.497 e. The van der Waals surface area contributed by atoms with E-state index in [2.05, 4.69) is 0 Å². The molecular weight excluding hydrogens is 406 g/mol. The third-order valence-corrected chi connectivity index (χ3v) is 6.20. The number of hydrogen-bond acceptors (Lipinski definition) is 5. The van der Waals surface area contributed by atoms with Gasteiger partial charge in [0.2, 0.25) is 5.91 Å². The Morgan fingerprint density at radius 3 is 2.25 bits per heavy atom. The summed E-state index contributed by atoms with van der Waals surface area (Å²) in [6.45, 7) is 0.0618. The molecule has 3 aromatic rings. The molecule has 160 valence electrons. The van der Waals surface area contributed by atoms with Crippen molar-refractivity contribution in [2.24, 2.45) is 5.92 Å². The van der Waals surface area contributed by atoms with Crippen molar-refractivity contribution < 1.29 is 23.9 Å². The number of hydrogen-bond donors (Lipinski definition) is 0. The molecule has 2 amide bonds. The lowest BCUT2D eigenvalue weighted by Crippen LogP contribution is -2.42. The lowest BCUT2D eigenvalue weighted by atomic mass is 9.84. The number of imide groups is 1. The number of benzene rings is 3. The van der Waals surface area contributed by atoms with Crippen LogP contribution in [0.15, 0.2) is 78.9 Å². The molecule has 0 bridgehead atoms. The number of Topliss-reactive ketones (excluding diaryl/α,β-unsaturated/α-hetero) is 1. The van der Waals surface area contributed by atoms with Crippen LogP contribution in [0, 0.1) is 5.92 Å². The number of ketones is 1. The quantitative estimate of drug-likeness (QED) is 0.579. The molecule has 0 N–H and O–H groups in total. The van der Waals surface area contributed by atoms with Gasteiger partial charge in [-0.2, -0.15) is 0 Å². The first-order valence-electron chi connectivity index (χ1n) is 10.4. The minimum atomic E-state index is -1.06. The van der Waals surface area contributed by atoms with Crippen molar-refractivity contribution in [2.75, 3.05) is 13.7 Å². The molecule has 0 spiro atoms. The van der Waals surface area contributed by atoms with Crippen LogP contribution >= 0.6 is 0 Å². The predicted octanol–water partition coefficient (Wildman–Crippen LogP) is 4.36. The Labute approximate surface area is 185 Å². The summed E-state index contributed by atoms with van der Waals surface area (Å²) in [6, 6.07) is 23.4. The van der Waals surface area contributed by atoms with Gasteiger partial charge in [-0.3, -0.25) is 9.59 Å². The molecular formula is C26H21NO5. The summed E-state index contributed by atoms with van der Waals surface area (Å²) in [7, 11) is 1.53. The number of ether oxygens (including phenoxy) is 2. The summed E-state index contributed by atoms with van der Waals surface area (Å²) in [4.78, 5) is 41.1. The number of carbonyl (C=O) groups is 3. The SMILES string of the molecule is COc1ccc2c(c1)C(=O)[C@H](C(=O)N1C(=O)OC[C@@H]1c1ccccc1)[C@H]2c1ccccc1. The normalized spacial score (nSPS) is 21.9. The molecule has 1 aliphatic carbocycles. The maximum Gasteiger partial charge on any atom is 0.417 e. The average Bonchev–Trinajstić information content (AvgIpc) is 3.37. The Balaban J connectivity index is 1.59. The summed E-state index contributed by atoms with van der Waals surface area (Å²) in [5.74, 6) is -1.88. The zero-order valence-corrected chi connectivity index (χ0v) is 17.4. The van der Waals surface area contributed by atoms with Gasteiger partial charge in [0.15, 0.2) is 5.78 Å². The summed E-state index contributed by atoms with van der Waals surface area (Å²) < 4.78 is 10.5. The first-order valence-corrected chi connectivity index (χ1v) is 10.4. The van der Waals surface area contributed by atoms with E-state index in [-0.39, 0.29) is 12.4 Å². The van der Waals surface area contributed by atoms with Crippen LogP contribution in [-0.4, -0.2) is 36.4 Å². The van der Waals surface area contributed by atoms with Crippen molar-refractivity contribution in [3.05, 3.63) is 101 Å². The Morgan fingerprint density at radius 1 is 0.938 bits per heavy atom. The fourth-order valence-corrected chi connectivity index (χ4v) is 4.67. The molecule has 0 aromatic heterocycles. The van der Waals surface area contributed by atoms with Crippen LogP contribution in [0.2, 0.25) is 0 Å². The van der Waals surface area contributed by atoms with E-state index in [1.807, 2.05) is 66.7 Å². The smallest absolute Gasteiger partial charge is 0.417 e. The fraction of sp³-hybridized carbons (Fsp3) is 0.192. The number of fused-ring (bicyclic) bond motifs is 1. The second-order valence-electron chi connectivity index (χ2n) is 7.90. The molecule has 3 aromatic carbocycles. The molecule has 3 atom stereocenters. The Morgan fingerprint density at radius 2 is 1.59 bits per heavy atom. The Hall–Kier alpha value is -3.93. The lowest BCUT2D eigenvalue weighted by molar-refractivity contribution is -0.132. The van der Waals surface area contributed by atoms with Crippen LogP contribution in [0.3, 0.4) is 0 Å². The maximum atomic E-state index is 13.8. The third-order valence-electron chi connectivity index (χ3n) is 6.20. The monoisotopic (exact) mass is 427 g/mol. The molecule has 0 radical (unpaired) electrons. The molecule has 1 heterocycles. The van der Waals surface area contributed by atoms with E-state index >= 15 is 0 Å². The average molecular weight is 427 g/mol. The van der Waals surface area contributed by atoms with Gasteiger partial charge in [0.05, 0.1) is 7.11 Å². The molecule has 5 rings (SSSR count). The lowest BCUT2D eigenvalue weighted by Gasteiger charge is -2.26. The van der Waals surface area contributed by atoms with E-state index in [9.17, 15) is 14.4 Å². The van der Waals surface area contributed by atoms with Crippen molar-refractivity contribution in [3.8, 4) is 5.75 Å². The molecule has 6 nitrogen and oxygen atoms in total. The van der Waals surface area contributed by atoms with Gasteiger partial charge in [0.25, 0.3) is 0 Å². The van der Waals surface area contributed by atoms with Crippen LogP contribution in [0.1, 0.15) is 39.0 Å². The van der Waals surface area contributed by atoms with Crippen LogP contribution in [-0.2, 0) is 9.53 Å². The van der Waals surface area contributed by atoms with Crippen LogP contribution in [0.5, 0.6) is 5.75 Å². The molecule has 6 heteroatoms. The van der Waals surface area contributed by atoms with Crippen molar-refractivity contribution in [1.82, 2.24) is 4.90 Å². The number of methoxy groups -OCH3 is 1. The van der Waals surface area contributed by atoms with E-state index in [4.69, 9.17) is 9.47 Å². The van der Waals surface area contributed by atoms with Gasteiger partial charge in [-0.15, -0.1) is 0 Å². The van der Waals surface area contributed by atoms with Crippen LogP contribution < -0.4 is 4.74 Å². The predicted molar refractivity (Wildman–Crippen MR) is 116 cm³/mol. The molecule has 1 aliphatic heterocycles. The highest BCUT2D eigenvalue weighted by Crippen LogP contribution is 2.45. The van der Waals surface area contributed by atoms with Crippen molar-refractivity contribution >= 4 is 17.8 Å². The zero-order valence-electron chi connectivity index (χ0n) is 17.4. The minimum absolute atomic E-state index is 0.0618. The molecule has 32 heavy (non-hydrogen) atoms. The van der Waals surface area contributed by atoms with Gasteiger partial charge in [-0.1, -0.05) is 66.7 Å². The van der Waals surface area contributed by atoms with Gasteiger partial charge in [0.1, 0.15) is 24.3 Å². The van der Waals surface area contributed by atoms with Crippen LogP contribution in [0.25, 0.3) is 0 Å². The molecule has 0 saturated carbocycles. The number of rotatable bonds is 4. The highest BCUT2D eigenvalue weighted by molar-refractivity contribution is 6.17. The second-order valence-corrected chi connectivity index (χ2v) is 7.90. The topological polar surface area (TPSA) is 72.9 Å². The fourth-order valence-electron chi connectivity index (χ4n) is 4.67. The van der Waals surface area contributed by atoms with E-state index in [1.165, 1.54) is 7.11 Å². The van der Waals surface area contributed by atoms with Gasteiger partial charge in [-0.25, -0.2) is 9.69 Å². The van der Waals surface area contributed by atoms with Gasteiger partial charge in [-0.05, 0) is 28.8 Å². The van der Waals surface area contributed by atoms with Crippen molar-refractivity contribution in [3.63, 3.8) is 0 Å². The van der Waals surface area contributed by atoms with E-state index < -0.39 is 29.9 Å².